The second-order valence-corrected chi connectivity index (χ2v) is 10.2. The Labute approximate surface area is 208 Å². The number of hydrogen-bond donors (Lipinski definition) is 2. The first-order chi connectivity index (χ1) is 17.2. The van der Waals surface area contributed by atoms with Gasteiger partial charge in [0.25, 0.3) is 0 Å². The van der Waals surface area contributed by atoms with Crippen LogP contribution in [0.2, 0.25) is 0 Å². The molecule has 2 N–H and O–H groups in total. The molecule has 8 nitrogen and oxygen atoms in total. The summed E-state index contributed by atoms with van der Waals surface area (Å²) in [5.74, 6) is 2.01. The normalized spacial score (nSPS) is 22.5. The molecule has 2 aromatic rings. The number of hydrogen-bond acceptors (Lipinski definition) is 7. The monoisotopic (exact) mass is 478 g/mol. The number of aliphatic hydroxyl groups excluding tert-OH is 1. The van der Waals surface area contributed by atoms with Crippen molar-refractivity contribution in [2.24, 2.45) is 5.92 Å². The van der Waals surface area contributed by atoms with Gasteiger partial charge >= 0.3 is 0 Å². The van der Waals surface area contributed by atoms with Gasteiger partial charge in [-0.3, -0.25) is 9.69 Å². The van der Waals surface area contributed by atoms with Gasteiger partial charge < -0.3 is 20.2 Å². The van der Waals surface area contributed by atoms with E-state index in [2.05, 4.69) is 60.5 Å². The van der Waals surface area contributed by atoms with Crippen molar-refractivity contribution < 1.29 is 9.90 Å². The highest BCUT2D eigenvalue weighted by Gasteiger charge is 2.29. The molecule has 3 fully saturated rings. The minimum Gasteiger partial charge on any atom is -0.394 e. The third-order valence-corrected chi connectivity index (χ3v) is 7.89. The third kappa shape index (κ3) is 5.93. The molecule has 1 aromatic heterocycles. The minimum absolute atomic E-state index is 0.0794. The number of carbonyl (C=O) groups excluding carboxylic acids is 1. The lowest BCUT2D eigenvalue weighted by Gasteiger charge is -2.35. The van der Waals surface area contributed by atoms with E-state index in [-0.39, 0.29) is 24.5 Å². The van der Waals surface area contributed by atoms with Crippen LogP contribution >= 0.6 is 0 Å². The molecular formula is C27H38N6O2. The molecule has 1 atom stereocenters. The lowest BCUT2D eigenvalue weighted by molar-refractivity contribution is -0.126. The first-order valence-electron chi connectivity index (χ1n) is 13.2. The van der Waals surface area contributed by atoms with Gasteiger partial charge in [0.1, 0.15) is 0 Å². The molecule has 3 aliphatic heterocycles. The molecule has 0 spiro atoms. The van der Waals surface area contributed by atoms with E-state index in [1.54, 1.807) is 0 Å². The van der Waals surface area contributed by atoms with Crippen LogP contribution in [0.3, 0.4) is 0 Å². The van der Waals surface area contributed by atoms with Crippen molar-refractivity contribution in [3.63, 3.8) is 0 Å². The van der Waals surface area contributed by atoms with Crippen LogP contribution in [-0.4, -0.2) is 77.5 Å². The number of aromatic nitrogens is 2. The van der Waals surface area contributed by atoms with Crippen LogP contribution in [0, 0.1) is 5.92 Å². The van der Waals surface area contributed by atoms with Crippen LogP contribution in [0.5, 0.6) is 0 Å². The van der Waals surface area contributed by atoms with Crippen LogP contribution in [0.15, 0.2) is 42.5 Å². The molecule has 3 saturated heterocycles. The Hall–Kier alpha value is -2.71. The van der Waals surface area contributed by atoms with E-state index in [4.69, 9.17) is 0 Å². The van der Waals surface area contributed by atoms with E-state index in [9.17, 15) is 9.90 Å². The number of anilines is 2. The Kier molecular flexibility index (Phi) is 7.79. The van der Waals surface area contributed by atoms with E-state index in [1.165, 1.54) is 5.56 Å². The molecule has 1 amide bonds. The Morgan fingerprint density at radius 2 is 1.60 bits per heavy atom. The number of rotatable bonds is 7. The maximum Gasteiger partial charge on any atom is 0.223 e. The summed E-state index contributed by atoms with van der Waals surface area (Å²) in [6.45, 7) is 5.78. The van der Waals surface area contributed by atoms with E-state index < -0.39 is 0 Å². The number of carbonyl (C=O) groups is 1. The fourth-order valence-electron chi connectivity index (χ4n) is 5.73. The Bertz CT molecular complexity index is 940. The molecule has 35 heavy (non-hydrogen) atoms. The highest BCUT2D eigenvalue weighted by atomic mass is 16.3. The fourth-order valence-corrected chi connectivity index (χ4v) is 5.73. The van der Waals surface area contributed by atoms with E-state index in [0.717, 1.165) is 89.4 Å². The first kappa shape index (κ1) is 24.0. The van der Waals surface area contributed by atoms with Crippen LogP contribution in [0.1, 0.15) is 44.1 Å². The number of likely N-dealkylation sites (tertiary alicyclic amines) is 1. The predicted octanol–water partition coefficient (Wildman–Crippen LogP) is 2.43. The smallest absolute Gasteiger partial charge is 0.223 e. The van der Waals surface area contributed by atoms with Gasteiger partial charge in [-0.2, -0.15) is 0 Å². The van der Waals surface area contributed by atoms with Gasteiger partial charge in [0.15, 0.2) is 11.6 Å². The molecule has 1 aromatic carbocycles. The Morgan fingerprint density at radius 3 is 2.29 bits per heavy atom. The van der Waals surface area contributed by atoms with Crippen molar-refractivity contribution in [3.05, 3.63) is 48.0 Å². The first-order valence-corrected chi connectivity index (χ1v) is 13.2. The largest absolute Gasteiger partial charge is 0.394 e. The molecule has 1 unspecified atom stereocenters. The van der Waals surface area contributed by atoms with E-state index in [1.807, 2.05) is 12.1 Å². The lowest BCUT2D eigenvalue weighted by Crippen LogP contribution is -2.48. The predicted molar refractivity (Wildman–Crippen MR) is 137 cm³/mol. The SMILES string of the molecule is O=C(NC1CCN(Cc2ccccc2)CC1)C1CCN(c2ccc(N3CCCC3CO)nn2)CC1. The van der Waals surface area contributed by atoms with E-state index in [0.29, 0.717) is 6.04 Å². The summed E-state index contributed by atoms with van der Waals surface area (Å²) in [6.07, 6.45) is 5.82. The van der Waals surface area contributed by atoms with Crippen molar-refractivity contribution in [2.45, 2.75) is 57.2 Å². The second kappa shape index (κ2) is 11.4. The number of amides is 1. The average molecular weight is 479 g/mol. The van der Waals surface area contributed by atoms with Crippen molar-refractivity contribution in [1.82, 2.24) is 20.4 Å². The maximum atomic E-state index is 12.9. The molecular weight excluding hydrogens is 440 g/mol. The van der Waals surface area contributed by atoms with Gasteiger partial charge in [-0.05, 0) is 56.2 Å². The zero-order valence-corrected chi connectivity index (χ0v) is 20.6. The summed E-state index contributed by atoms with van der Waals surface area (Å²) in [4.78, 5) is 19.8. The molecule has 0 bridgehead atoms. The molecule has 0 aliphatic carbocycles. The molecule has 188 valence electrons. The Morgan fingerprint density at radius 1 is 0.886 bits per heavy atom. The van der Waals surface area contributed by atoms with Crippen molar-refractivity contribution in [3.8, 4) is 0 Å². The van der Waals surface area contributed by atoms with Gasteiger partial charge in [-0.25, -0.2) is 0 Å². The summed E-state index contributed by atoms with van der Waals surface area (Å²) in [7, 11) is 0. The summed E-state index contributed by atoms with van der Waals surface area (Å²) < 4.78 is 0. The molecule has 3 aliphatic rings. The topological polar surface area (TPSA) is 84.8 Å². The quantitative estimate of drug-likeness (QED) is 0.632. The molecule has 4 heterocycles. The van der Waals surface area contributed by atoms with Gasteiger partial charge in [-0.1, -0.05) is 30.3 Å². The number of aliphatic hydroxyl groups is 1. The lowest BCUT2D eigenvalue weighted by atomic mass is 9.94. The number of nitrogens with zero attached hydrogens (tertiary/aromatic N) is 5. The van der Waals surface area contributed by atoms with Crippen LogP contribution in [-0.2, 0) is 11.3 Å². The maximum absolute atomic E-state index is 12.9. The summed E-state index contributed by atoms with van der Waals surface area (Å²) in [5.41, 5.74) is 1.35. The van der Waals surface area contributed by atoms with Crippen molar-refractivity contribution in [2.75, 3.05) is 49.1 Å². The third-order valence-electron chi connectivity index (χ3n) is 7.89. The summed E-state index contributed by atoms with van der Waals surface area (Å²) >= 11 is 0. The molecule has 0 saturated carbocycles. The molecule has 0 radical (unpaired) electrons. The Balaban J connectivity index is 1.05. The van der Waals surface area contributed by atoms with Gasteiger partial charge in [0.2, 0.25) is 5.91 Å². The van der Waals surface area contributed by atoms with Crippen LogP contribution < -0.4 is 15.1 Å². The second-order valence-electron chi connectivity index (χ2n) is 10.2. The number of piperidine rings is 2. The average Bonchev–Trinajstić information content (AvgIpc) is 3.40. The van der Waals surface area contributed by atoms with Crippen molar-refractivity contribution >= 4 is 17.5 Å². The van der Waals surface area contributed by atoms with Crippen LogP contribution in [0.25, 0.3) is 0 Å². The van der Waals surface area contributed by atoms with Gasteiger partial charge in [0, 0.05) is 51.2 Å². The molecule has 8 heteroatoms. The minimum atomic E-state index is 0.0794. The summed E-state index contributed by atoms with van der Waals surface area (Å²) in [6, 6.07) is 15.1. The van der Waals surface area contributed by atoms with Gasteiger partial charge in [0.05, 0.1) is 12.6 Å². The highest BCUT2D eigenvalue weighted by molar-refractivity contribution is 5.79. The number of nitrogens with one attached hydrogen (secondary N) is 1. The van der Waals surface area contributed by atoms with Crippen molar-refractivity contribution in [1.29, 1.82) is 0 Å². The van der Waals surface area contributed by atoms with Gasteiger partial charge in [-0.15, -0.1) is 10.2 Å². The standard InChI is InChI=1S/C27H38N6O2/c34-20-24-7-4-14-33(24)26-9-8-25(29-30-26)32-17-10-22(11-18-32)27(35)28-23-12-15-31(16-13-23)19-21-5-2-1-3-6-21/h1-3,5-6,8-9,22-24,34H,4,7,10-20H2,(H,28,35). The highest BCUT2D eigenvalue weighted by Crippen LogP contribution is 2.26. The van der Waals surface area contributed by atoms with E-state index >= 15 is 0 Å². The summed E-state index contributed by atoms with van der Waals surface area (Å²) in [5, 5.41) is 21.8. The fraction of sp³-hybridized carbons (Fsp3) is 0.593. The van der Waals surface area contributed by atoms with Crippen LogP contribution in [0.4, 0.5) is 11.6 Å². The number of benzene rings is 1. The zero-order chi connectivity index (χ0) is 24.0. The zero-order valence-electron chi connectivity index (χ0n) is 20.6. The molecule has 5 rings (SSSR count).